The number of carbonyl (C=O) groups excluding carboxylic acids is 1. The van der Waals surface area contributed by atoms with E-state index in [1.807, 2.05) is 24.3 Å². The molecule has 1 amide bonds. The molecule has 2 aromatic heterocycles. The van der Waals surface area contributed by atoms with Crippen LogP contribution in [0.5, 0.6) is 0 Å². The zero-order chi connectivity index (χ0) is 20.9. The Morgan fingerprint density at radius 2 is 1.60 bits per heavy atom. The highest BCUT2D eigenvalue weighted by Crippen LogP contribution is 2.27. The molecule has 4 aromatic rings. The van der Waals surface area contributed by atoms with Gasteiger partial charge in [-0.15, -0.1) is 0 Å². The van der Waals surface area contributed by atoms with E-state index in [-0.39, 0.29) is 12.2 Å². The molecule has 0 aliphatic heterocycles. The molecule has 0 radical (unpaired) electrons. The summed E-state index contributed by atoms with van der Waals surface area (Å²) in [5.41, 5.74) is 7.82. The van der Waals surface area contributed by atoms with Crippen molar-refractivity contribution in [3.05, 3.63) is 84.1 Å². The molecule has 0 aliphatic rings. The Kier molecular flexibility index (Phi) is 5.79. The van der Waals surface area contributed by atoms with Crippen molar-refractivity contribution in [1.29, 1.82) is 0 Å². The number of hydrogen-bond acceptors (Lipinski definition) is 5. The van der Waals surface area contributed by atoms with Crippen LogP contribution in [0.4, 0.5) is 0 Å². The molecule has 0 fully saturated rings. The van der Waals surface area contributed by atoms with Gasteiger partial charge >= 0.3 is 0 Å². The van der Waals surface area contributed by atoms with Crippen LogP contribution in [-0.2, 0) is 6.42 Å². The molecule has 0 aliphatic carbocycles. The first kappa shape index (κ1) is 19.7. The molecule has 0 saturated carbocycles. The fourth-order valence-corrected chi connectivity index (χ4v) is 3.42. The van der Waals surface area contributed by atoms with Crippen LogP contribution in [0.1, 0.15) is 22.3 Å². The van der Waals surface area contributed by atoms with E-state index in [0.717, 1.165) is 29.5 Å². The number of carbonyl (C=O) groups is 1. The van der Waals surface area contributed by atoms with E-state index in [9.17, 15) is 4.79 Å². The second-order valence-corrected chi connectivity index (χ2v) is 6.97. The van der Waals surface area contributed by atoms with Crippen LogP contribution in [-0.4, -0.2) is 32.8 Å². The van der Waals surface area contributed by atoms with E-state index in [1.54, 1.807) is 29.9 Å². The van der Waals surface area contributed by atoms with Crippen LogP contribution in [0.15, 0.2) is 72.9 Å². The number of aliphatic hydroxyl groups is 1. The molecule has 0 bridgehead atoms. The number of nitrogens with zero attached hydrogens (tertiary/aromatic N) is 2. The quantitative estimate of drug-likeness (QED) is 0.336. The average molecular weight is 399 g/mol. The average Bonchev–Trinajstić information content (AvgIpc) is 2.82. The predicted molar refractivity (Wildman–Crippen MR) is 115 cm³/mol. The van der Waals surface area contributed by atoms with Crippen molar-refractivity contribution in [1.82, 2.24) is 15.4 Å². The first-order chi connectivity index (χ1) is 14.7. The lowest BCUT2D eigenvalue weighted by Gasteiger charge is -2.09. The van der Waals surface area contributed by atoms with Gasteiger partial charge < -0.3 is 5.11 Å². The molecule has 0 saturated heterocycles. The number of aromatic nitrogens is 2. The van der Waals surface area contributed by atoms with Gasteiger partial charge in [-0.3, -0.25) is 15.0 Å². The van der Waals surface area contributed by atoms with Gasteiger partial charge in [0.1, 0.15) is 5.52 Å². The van der Waals surface area contributed by atoms with Crippen LogP contribution in [0, 0.1) is 0 Å². The van der Waals surface area contributed by atoms with Crippen LogP contribution >= 0.6 is 0 Å². The normalized spacial score (nSPS) is 10.9. The highest BCUT2D eigenvalue weighted by atomic mass is 16.5. The molecule has 150 valence electrons. The van der Waals surface area contributed by atoms with Gasteiger partial charge in [-0.1, -0.05) is 48.5 Å². The van der Waals surface area contributed by atoms with E-state index >= 15 is 0 Å². The third kappa shape index (κ3) is 4.05. The van der Waals surface area contributed by atoms with Crippen LogP contribution in [0.3, 0.4) is 0 Å². The lowest BCUT2D eigenvalue weighted by Crippen LogP contribution is -2.19. The van der Waals surface area contributed by atoms with Gasteiger partial charge in [-0.2, -0.15) is 0 Å². The standard InChI is InChI=1S/C24H21N3O3/c28-14-2-3-16-5-7-17(8-6-16)18-9-11-19(12-10-18)22-15-20(24(29)27-30)23-21(26-22)4-1-13-25-23/h1,4-13,15,28,30H,2-3,14H2,(H,27,29). The van der Waals surface area contributed by atoms with Gasteiger partial charge in [0.15, 0.2) is 0 Å². The van der Waals surface area contributed by atoms with Crippen molar-refractivity contribution in [2.24, 2.45) is 0 Å². The third-order valence-electron chi connectivity index (χ3n) is 5.00. The number of amides is 1. The number of pyridine rings is 2. The highest BCUT2D eigenvalue weighted by Gasteiger charge is 2.14. The molecule has 0 spiro atoms. The maximum Gasteiger partial charge on any atom is 0.276 e. The Labute approximate surface area is 173 Å². The third-order valence-corrected chi connectivity index (χ3v) is 5.00. The number of hydroxylamine groups is 1. The molecule has 0 unspecified atom stereocenters. The molecule has 6 heteroatoms. The number of aliphatic hydroxyl groups excluding tert-OH is 1. The minimum atomic E-state index is -0.625. The number of nitrogens with one attached hydrogen (secondary N) is 1. The first-order valence-corrected chi connectivity index (χ1v) is 9.70. The van der Waals surface area contributed by atoms with Gasteiger partial charge in [-0.05, 0) is 47.7 Å². The summed E-state index contributed by atoms with van der Waals surface area (Å²) in [4.78, 5) is 20.9. The summed E-state index contributed by atoms with van der Waals surface area (Å²) in [5, 5.41) is 18.0. The molecular formula is C24H21N3O3. The molecular weight excluding hydrogens is 378 g/mol. The fourth-order valence-electron chi connectivity index (χ4n) is 3.42. The van der Waals surface area contributed by atoms with Crippen molar-refractivity contribution in [2.75, 3.05) is 6.61 Å². The van der Waals surface area contributed by atoms with Crippen LogP contribution in [0.2, 0.25) is 0 Å². The van der Waals surface area contributed by atoms with Gasteiger partial charge in [0, 0.05) is 18.4 Å². The SMILES string of the molecule is O=C(NO)c1cc(-c2ccc(-c3ccc(CCCO)cc3)cc2)nc2cccnc12. The zero-order valence-electron chi connectivity index (χ0n) is 16.2. The van der Waals surface area contributed by atoms with Crippen molar-refractivity contribution in [3.63, 3.8) is 0 Å². The maximum absolute atomic E-state index is 12.1. The lowest BCUT2D eigenvalue weighted by atomic mass is 9.99. The van der Waals surface area contributed by atoms with Gasteiger partial charge in [-0.25, -0.2) is 10.5 Å². The van der Waals surface area contributed by atoms with Crippen molar-refractivity contribution >= 4 is 16.9 Å². The summed E-state index contributed by atoms with van der Waals surface area (Å²) in [5.74, 6) is -0.625. The van der Waals surface area contributed by atoms with E-state index in [2.05, 4.69) is 34.2 Å². The number of hydrogen-bond donors (Lipinski definition) is 3. The molecule has 4 rings (SSSR count). The van der Waals surface area contributed by atoms with Crippen molar-refractivity contribution in [2.45, 2.75) is 12.8 Å². The van der Waals surface area contributed by atoms with Crippen LogP contribution in [0.25, 0.3) is 33.4 Å². The smallest absolute Gasteiger partial charge is 0.276 e. The lowest BCUT2D eigenvalue weighted by molar-refractivity contribution is 0.0708. The van der Waals surface area contributed by atoms with E-state index < -0.39 is 5.91 Å². The van der Waals surface area contributed by atoms with Crippen molar-refractivity contribution < 1.29 is 15.1 Å². The monoisotopic (exact) mass is 399 g/mol. The Balaban J connectivity index is 1.66. The molecule has 3 N–H and O–H groups in total. The fraction of sp³-hybridized carbons (Fsp3) is 0.125. The topological polar surface area (TPSA) is 95.3 Å². The molecule has 2 heterocycles. The summed E-state index contributed by atoms with van der Waals surface area (Å²) >= 11 is 0. The van der Waals surface area contributed by atoms with Crippen LogP contribution < -0.4 is 5.48 Å². The number of fused-ring (bicyclic) bond motifs is 1. The van der Waals surface area contributed by atoms with E-state index in [1.165, 1.54) is 5.56 Å². The van der Waals surface area contributed by atoms with E-state index in [4.69, 9.17) is 10.3 Å². The second kappa shape index (κ2) is 8.82. The van der Waals surface area contributed by atoms with Gasteiger partial charge in [0.05, 0.1) is 16.8 Å². The first-order valence-electron chi connectivity index (χ1n) is 9.70. The summed E-state index contributed by atoms with van der Waals surface area (Å²) in [6.45, 7) is 0.198. The molecule has 0 atom stereocenters. The van der Waals surface area contributed by atoms with E-state index in [0.29, 0.717) is 16.7 Å². The summed E-state index contributed by atoms with van der Waals surface area (Å²) in [7, 11) is 0. The molecule has 30 heavy (non-hydrogen) atoms. The predicted octanol–water partition coefficient (Wildman–Crippen LogP) is 4.01. The number of rotatable bonds is 6. The number of aryl methyl sites for hydroxylation is 1. The Hall–Kier alpha value is -3.61. The highest BCUT2D eigenvalue weighted by molar-refractivity contribution is 6.05. The summed E-state index contributed by atoms with van der Waals surface area (Å²) < 4.78 is 0. The molecule has 2 aromatic carbocycles. The summed E-state index contributed by atoms with van der Waals surface area (Å²) in [6.07, 6.45) is 3.21. The maximum atomic E-state index is 12.1. The second-order valence-electron chi connectivity index (χ2n) is 6.97. The van der Waals surface area contributed by atoms with Gasteiger partial charge in [0.2, 0.25) is 0 Å². The zero-order valence-corrected chi connectivity index (χ0v) is 16.2. The minimum Gasteiger partial charge on any atom is -0.396 e. The van der Waals surface area contributed by atoms with Crippen molar-refractivity contribution in [3.8, 4) is 22.4 Å². The number of benzene rings is 2. The summed E-state index contributed by atoms with van der Waals surface area (Å²) in [6, 6.07) is 21.4. The Morgan fingerprint density at radius 3 is 2.27 bits per heavy atom. The largest absolute Gasteiger partial charge is 0.396 e. The molecule has 6 nitrogen and oxygen atoms in total. The Bertz CT molecular complexity index is 1170. The van der Waals surface area contributed by atoms with Gasteiger partial charge in [0.25, 0.3) is 5.91 Å². The Morgan fingerprint density at radius 1 is 0.933 bits per heavy atom. The minimum absolute atomic E-state index is 0.198.